The van der Waals surface area contributed by atoms with Gasteiger partial charge in [-0.05, 0) is 42.2 Å². The number of hydrogen-bond donors (Lipinski definition) is 1. The van der Waals surface area contributed by atoms with Gasteiger partial charge in [0.15, 0.2) is 0 Å². The largest absolute Gasteiger partial charge is 0.497 e. The number of nitrogens with zero attached hydrogens (tertiary/aromatic N) is 3. The highest BCUT2D eigenvalue weighted by Crippen LogP contribution is 2.34. The molecule has 0 radical (unpaired) electrons. The van der Waals surface area contributed by atoms with E-state index < -0.39 is 0 Å². The van der Waals surface area contributed by atoms with Crippen molar-refractivity contribution in [2.45, 2.75) is 19.8 Å². The van der Waals surface area contributed by atoms with Crippen molar-refractivity contribution < 1.29 is 24.2 Å². The number of rotatable bonds is 4. The van der Waals surface area contributed by atoms with Gasteiger partial charge in [-0.25, -0.2) is 0 Å². The molecule has 2 heterocycles. The maximum atomic E-state index is 13.2. The van der Waals surface area contributed by atoms with Crippen LogP contribution in [-0.2, 0) is 17.6 Å². The third-order valence-corrected chi connectivity index (χ3v) is 5.09. The second-order valence-corrected chi connectivity index (χ2v) is 6.60. The summed E-state index contributed by atoms with van der Waals surface area (Å²) in [5.41, 5.74) is 4.28. The first-order valence-corrected chi connectivity index (χ1v) is 9.46. The van der Waals surface area contributed by atoms with Crippen molar-refractivity contribution in [3.8, 4) is 11.5 Å². The predicted octanol–water partition coefficient (Wildman–Crippen LogP) is 3.11. The third kappa shape index (κ3) is 3.89. The number of carboxylic acid groups (broad SMARTS) is 1. The number of benzene rings is 2. The van der Waals surface area contributed by atoms with Crippen LogP contribution < -0.4 is 14.4 Å². The zero-order valence-electron chi connectivity index (χ0n) is 17.1. The molecule has 0 fully saturated rings. The highest BCUT2D eigenvalue weighted by atomic mass is 16.5. The zero-order valence-corrected chi connectivity index (χ0v) is 17.1. The minimum absolute atomic E-state index is 0.0432. The number of hydrogen-bond acceptors (Lipinski definition) is 6. The molecule has 0 atom stereocenters. The first kappa shape index (κ1) is 21.0. The summed E-state index contributed by atoms with van der Waals surface area (Å²) in [5, 5.41) is 16.1. The number of aromatic nitrogens is 2. The first-order valence-electron chi connectivity index (χ1n) is 9.46. The first-order chi connectivity index (χ1) is 14.6. The molecule has 0 spiro atoms. The number of carbonyl (C=O) groups excluding carboxylic acids is 1. The predicted molar refractivity (Wildman–Crippen MR) is 113 cm³/mol. The van der Waals surface area contributed by atoms with Gasteiger partial charge in [-0.2, -0.15) is 10.2 Å². The highest BCUT2D eigenvalue weighted by molar-refractivity contribution is 6.12. The van der Waals surface area contributed by atoms with E-state index in [2.05, 4.69) is 17.1 Å². The minimum Gasteiger partial charge on any atom is -0.497 e. The van der Waals surface area contributed by atoms with Crippen LogP contribution in [0.1, 0.15) is 28.4 Å². The molecule has 1 aliphatic heterocycles. The van der Waals surface area contributed by atoms with Gasteiger partial charge in [-0.3, -0.25) is 9.59 Å². The third-order valence-electron chi connectivity index (χ3n) is 5.09. The van der Waals surface area contributed by atoms with E-state index in [-0.39, 0.29) is 12.4 Å². The Morgan fingerprint density at radius 1 is 1.20 bits per heavy atom. The van der Waals surface area contributed by atoms with E-state index in [0.29, 0.717) is 23.4 Å². The van der Waals surface area contributed by atoms with Gasteiger partial charge in [0, 0.05) is 23.6 Å². The fourth-order valence-corrected chi connectivity index (χ4v) is 3.61. The molecule has 2 aromatic carbocycles. The van der Waals surface area contributed by atoms with Crippen molar-refractivity contribution in [3.05, 3.63) is 53.2 Å². The SMILES string of the molecule is CCc1cc2c(N3CCc4ccc(OC)cc4C3=O)cnnc2cc1OC.O=CO. The molecule has 0 aliphatic carbocycles. The van der Waals surface area contributed by atoms with E-state index in [1.165, 1.54) is 0 Å². The molecule has 8 heteroatoms. The molecule has 30 heavy (non-hydrogen) atoms. The monoisotopic (exact) mass is 409 g/mol. The van der Waals surface area contributed by atoms with Crippen molar-refractivity contribution in [1.82, 2.24) is 10.2 Å². The van der Waals surface area contributed by atoms with Gasteiger partial charge in [-0.15, -0.1) is 0 Å². The van der Waals surface area contributed by atoms with Crippen LogP contribution in [0.25, 0.3) is 10.9 Å². The minimum atomic E-state index is -0.250. The molecule has 1 aliphatic rings. The molecule has 4 rings (SSSR count). The van der Waals surface area contributed by atoms with Crippen molar-refractivity contribution in [3.63, 3.8) is 0 Å². The van der Waals surface area contributed by atoms with Crippen LogP contribution in [0.5, 0.6) is 11.5 Å². The van der Waals surface area contributed by atoms with Crippen LogP contribution in [0.4, 0.5) is 5.69 Å². The zero-order chi connectivity index (χ0) is 21.7. The Morgan fingerprint density at radius 2 is 1.97 bits per heavy atom. The fraction of sp³-hybridized carbons (Fsp3) is 0.273. The molecule has 156 valence electrons. The summed E-state index contributed by atoms with van der Waals surface area (Å²) < 4.78 is 10.7. The molecule has 1 aromatic heterocycles. The maximum Gasteiger partial charge on any atom is 0.290 e. The second-order valence-electron chi connectivity index (χ2n) is 6.60. The van der Waals surface area contributed by atoms with Crippen molar-refractivity contribution in [2.75, 3.05) is 25.7 Å². The number of carbonyl (C=O) groups is 2. The summed E-state index contributed by atoms with van der Waals surface area (Å²) in [6.45, 7) is 2.43. The Kier molecular flexibility index (Phi) is 6.46. The average Bonchev–Trinajstić information content (AvgIpc) is 2.78. The molecule has 3 aromatic rings. The number of anilines is 1. The van der Waals surface area contributed by atoms with Crippen LogP contribution in [0.15, 0.2) is 36.5 Å². The van der Waals surface area contributed by atoms with E-state index in [9.17, 15) is 4.79 Å². The molecule has 1 amide bonds. The summed E-state index contributed by atoms with van der Waals surface area (Å²) in [4.78, 5) is 23.3. The molecule has 8 nitrogen and oxygen atoms in total. The standard InChI is InChI=1S/C21H21N3O3.CH2O2/c1-4-13-9-17-18(11-20(13)27-3)23-22-12-19(17)24-8-7-14-5-6-15(26-2)10-16(14)21(24)25;2-1-3/h5-6,9-12H,4,7-8H2,1-3H3;1H,(H,2,3). The lowest BCUT2D eigenvalue weighted by molar-refractivity contribution is -0.122. The summed E-state index contributed by atoms with van der Waals surface area (Å²) in [6.07, 6.45) is 3.28. The summed E-state index contributed by atoms with van der Waals surface area (Å²) >= 11 is 0. The average molecular weight is 409 g/mol. The van der Waals surface area contributed by atoms with Gasteiger partial charge >= 0.3 is 0 Å². The van der Waals surface area contributed by atoms with Gasteiger partial charge in [0.25, 0.3) is 12.4 Å². The number of methoxy groups -OCH3 is 2. The lowest BCUT2D eigenvalue weighted by Crippen LogP contribution is -2.37. The normalized spacial score (nSPS) is 12.6. The van der Waals surface area contributed by atoms with Crippen LogP contribution in [-0.4, -0.2) is 48.4 Å². The fourth-order valence-electron chi connectivity index (χ4n) is 3.61. The van der Waals surface area contributed by atoms with Gasteiger partial charge in [0.2, 0.25) is 0 Å². The Balaban J connectivity index is 0.000000806. The lowest BCUT2D eigenvalue weighted by atomic mass is 9.97. The number of aryl methyl sites for hydroxylation is 1. The van der Waals surface area contributed by atoms with E-state index in [1.807, 2.05) is 24.3 Å². The van der Waals surface area contributed by atoms with Crippen molar-refractivity contribution >= 4 is 29.0 Å². The van der Waals surface area contributed by atoms with Crippen molar-refractivity contribution in [2.24, 2.45) is 0 Å². The molecule has 0 unspecified atom stereocenters. The van der Waals surface area contributed by atoms with Gasteiger partial charge in [-0.1, -0.05) is 13.0 Å². The van der Waals surface area contributed by atoms with Crippen molar-refractivity contribution in [1.29, 1.82) is 0 Å². The van der Waals surface area contributed by atoms with Crippen LogP contribution in [0.2, 0.25) is 0 Å². The maximum absolute atomic E-state index is 13.2. The summed E-state index contributed by atoms with van der Waals surface area (Å²) in [5.74, 6) is 1.43. The molecule has 1 N–H and O–H groups in total. The smallest absolute Gasteiger partial charge is 0.290 e. The lowest BCUT2D eigenvalue weighted by Gasteiger charge is -2.29. The molecular weight excluding hydrogens is 386 g/mol. The van der Waals surface area contributed by atoms with E-state index in [1.54, 1.807) is 31.4 Å². The molecule has 0 saturated carbocycles. The van der Waals surface area contributed by atoms with Gasteiger partial charge < -0.3 is 19.5 Å². The van der Waals surface area contributed by atoms with Crippen LogP contribution >= 0.6 is 0 Å². The molecular formula is C22H23N3O5. The van der Waals surface area contributed by atoms with E-state index in [4.69, 9.17) is 19.4 Å². The Bertz CT molecular complexity index is 1080. The Labute approximate surface area is 174 Å². The van der Waals surface area contributed by atoms with Crippen LogP contribution in [0, 0.1) is 0 Å². The summed E-state index contributed by atoms with van der Waals surface area (Å²) in [7, 11) is 3.25. The molecule has 0 bridgehead atoms. The number of fused-ring (bicyclic) bond motifs is 2. The number of ether oxygens (including phenoxy) is 2. The Hall–Kier alpha value is -3.68. The topological polar surface area (TPSA) is 102 Å². The molecule has 0 saturated heterocycles. The quantitative estimate of drug-likeness (QED) is 0.661. The number of amides is 1. The van der Waals surface area contributed by atoms with E-state index in [0.717, 1.165) is 40.8 Å². The van der Waals surface area contributed by atoms with Gasteiger partial charge in [0.05, 0.1) is 31.6 Å². The van der Waals surface area contributed by atoms with Gasteiger partial charge in [0.1, 0.15) is 11.5 Å². The summed E-state index contributed by atoms with van der Waals surface area (Å²) in [6, 6.07) is 9.60. The highest BCUT2D eigenvalue weighted by Gasteiger charge is 2.27. The second kappa shape index (κ2) is 9.21. The Morgan fingerprint density at radius 3 is 2.63 bits per heavy atom. The van der Waals surface area contributed by atoms with E-state index >= 15 is 0 Å². The van der Waals surface area contributed by atoms with Crippen LogP contribution in [0.3, 0.4) is 0 Å².